The molecule has 1 saturated heterocycles. The second kappa shape index (κ2) is 4.42. The highest BCUT2D eigenvalue weighted by atomic mass is 16.6. The Morgan fingerprint density at radius 2 is 2.21 bits per heavy atom. The number of rotatable bonds is 2. The number of phenolic OH excluding ortho intramolecular Hbond substituents is 1. The third-order valence-corrected chi connectivity index (χ3v) is 3.19. The highest BCUT2D eigenvalue weighted by molar-refractivity contribution is 5.86. The minimum atomic E-state index is -0.370. The molecule has 2 heterocycles. The predicted molar refractivity (Wildman–Crippen MR) is 71.0 cm³/mol. The zero-order valence-corrected chi connectivity index (χ0v) is 10.5. The molecule has 19 heavy (non-hydrogen) atoms. The van der Waals surface area contributed by atoms with Gasteiger partial charge in [0.25, 0.3) is 0 Å². The van der Waals surface area contributed by atoms with E-state index in [1.807, 2.05) is 19.1 Å². The molecule has 1 aromatic carbocycles. The maximum absolute atomic E-state index is 11.6. The van der Waals surface area contributed by atoms with Gasteiger partial charge in [-0.1, -0.05) is 12.1 Å². The van der Waals surface area contributed by atoms with E-state index in [1.165, 1.54) is 0 Å². The number of pyridine rings is 1. The highest BCUT2D eigenvalue weighted by Crippen LogP contribution is 2.25. The minimum absolute atomic E-state index is 0.0705. The van der Waals surface area contributed by atoms with Crippen molar-refractivity contribution < 1.29 is 14.6 Å². The molecule has 2 N–H and O–H groups in total. The molecule has 0 spiro atoms. The van der Waals surface area contributed by atoms with Gasteiger partial charge in [-0.2, -0.15) is 0 Å². The maximum Gasteiger partial charge on any atom is 0.329 e. The summed E-state index contributed by atoms with van der Waals surface area (Å²) in [5.74, 6) is 0.431. The molecule has 2 unspecified atom stereocenters. The summed E-state index contributed by atoms with van der Waals surface area (Å²) in [6.45, 7) is 1.86. The summed E-state index contributed by atoms with van der Waals surface area (Å²) in [6, 6.07) is 8.50. The number of nitrogens with zero attached hydrogens (tertiary/aromatic N) is 1. The van der Waals surface area contributed by atoms with E-state index in [-0.39, 0.29) is 23.9 Å². The van der Waals surface area contributed by atoms with E-state index >= 15 is 0 Å². The van der Waals surface area contributed by atoms with E-state index in [4.69, 9.17) is 4.74 Å². The number of anilines is 1. The molecule has 1 aromatic heterocycles. The van der Waals surface area contributed by atoms with Gasteiger partial charge in [0.1, 0.15) is 29.2 Å². The SMILES string of the molecule is CC1CC(Nc2ccc3cccc(O)c3n2)C(=O)O1. The largest absolute Gasteiger partial charge is 0.506 e. The molecular formula is C14H14N2O3. The topological polar surface area (TPSA) is 71.5 Å². The van der Waals surface area contributed by atoms with Crippen molar-refractivity contribution in [3.05, 3.63) is 30.3 Å². The molecule has 1 aliphatic rings. The highest BCUT2D eigenvalue weighted by Gasteiger charge is 2.31. The Kier molecular flexibility index (Phi) is 2.74. The number of cyclic esters (lactones) is 1. The Morgan fingerprint density at radius 3 is 2.95 bits per heavy atom. The van der Waals surface area contributed by atoms with Crippen molar-refractivity contribution in [3.63, 3.8) is 0 Å². The van der Waals surface area contributed by atoms with Crippen molar-refractivity contribution >= 4 is 22.7 Å². The van der Waals surface area contributed by atoms with Crippen molar-refractivity contribution in [3.8, 4) is 5.75 Å². The normalized spacial score (nSPS) is 22.5. The van der Waals surface area contributed by atoms with Crippen LogP contribution in [-0.2, 0) is 9.53 Å². The van der Waals surface area contributed by atoms with E-state index in [0.717, 1.165) is 5.39 Å². The molecular weight excluding hydrogens is 244 g/mol. The Hall–Kier alpha value is -2.30. The van der Waals surface area contributed by atoms with E-state index in [2.05, 4.69) is 10.3 Å². The van der Waals surface area contributed by atoms with Crippen LogP contribution in [0.1, 0.15) is 13.3 Å². The number of carbonyl (C=O) groups excluding carboxylic acids is 1. The molecule has 0 amide bonds. The number of fused-ring (bicyclic) bond motifs is 1. The lowest BCUT2D eigenvalue weighted by atomic mass is 10.2. The van der Waals surface area contributed by atoms with Crippen molar-refractivity contribution in [1.29, 1.82) is 0 Å². The number of aromatic nitrogens is 1. The molecule has 1 fully saturated rings. The lowest BCUT2D eigenvalue weighted by Crippen LogP contribution is -2.24. The molecule has 2 atom stereocenters. The lowest BCUT2D eigenvalue weighted by molar-refractivity contribution is -0.141. The Morgan fingerprint density at radius 1 is 1.37 bits per heavy atom. The summed E-state index contributed by atoms with van der Waals surface area (Å²) in [4.78, 5) is 15.9. The summed E-state index contributed by atoms with van der Waals surface area (Å²) in [5.41, 5.74) is 0.520. The number of ether oxygens (including phenoxy) is 1. The van der Waals surface area contributed by atoms with Crippen LogP contribution in [0.4, 0.5) is 5.82 Å². The molecule has 3 rings (SSSR count). The van der Waals surface area contributed by atoms with Crippen molar-refractivity contribution in [2.45, 2.75) is 25.5 Å². The average molecular weight is 258 g/mol. The average Bonchev–Trinajstić information content (AvgIpc) is 2.69. The van der Waals surface area contributed by atoms with Crippen molar-refractivity contribution in [2.24, 2.45) is 0 Å². The number of benzene rings is 1. The van der Waals surface area contributed by atoms with Gasteiger partial charge in [-0.15, -0.1) is 0 Å². The van der Waals surface area contributed by atoms with Gasteiger partial charge in [0.05, 0.1) is 0 Å². The van der Waals surface area contributed by atoms with Gasteiger partial charge in [0.2, 0.25) is 0 Å². The van der Waals surface area contributed by atoms with Gasteiger partial charge in [-0.3, -0.25) is 0 Å². The van der Waals surface area contributed by atoms with Crippen LogP contribution in [0.2, 0.25) is 0 Å². The fourth-order valence-electron chi connectivity index (χ4n) is 2.26. The minimum Gasteiger partial charge on any atom is -0.506 e. The van der Waals surface area contributed by atoms with Crippen LogP contribution in [0, 0.1) is 0 Å². The summed E-state index contributed by atoms with van der Waals surface area (Å²) >= 11 is 0. The summed E-state index contributed by atoms with van der Waals surface area (Å²) in [6.07, 6.45) is 0.554. The molecule has 1 aliphatic heterocycles. The quantitative estimate of drug-likeness (QED) is 0.807. The van der Waals surface area contributed by atoms with Crippen LogP contribution >= 0.6 is 0 Å². The molecule has 0 saturated carbocycles. The van der Waals surface area contributed by atoms with E-state index < -0.39 is 0 Å². The standard InChI is InChI=1S/C14H14N2O3/c1-8-7-10(14(18)19-8)15-12-6-5-9-3-2-4-11(17)13(9)16-12/h2-6,8,10,17H,7H2,1H3,(H,15,16). The van der Waals surface area contributed by atoms with Crippen LogP contribution in [0.3, 0.4) is 0 Å². The van der Waals surface area contributed by atoms with Gasteiger partial charge in [-0.25, -0.2) is 9.78 Å². The van der Waals surface area contributed by atoms with Crippen LogP contribution in [0.15, 0.2) is 30.3 Å². The number of phenols is 1. The van der Waals surface area contributed by atoms with E-state index in [9.17, 15) is 9.90 Å². The fraction of sp³-hybridized carbons (Fsp3) is 0.286. The number of aromatic hydroxyl groups is 1. The first-order valence-electron chi connectivity index (χ1n) is 6.19. The molecule has 5 heteroatoms. The molecule has 98 valence electrons. The van der Waals surface area contributed by atoms with Crippen LogP contribution in [0.5, 0.6) is 5.75 Å². The van der Waals surface area contributed by atoms with Gasteiger partial charge in [-0.05, 0) is 25.1 Å². The first-order chi connectivity index (χ1) is 9.13. The predicted octanol–water partition coefficient (Wildman–Crippen LogP) is 2.06. The molecule has 0 radical (unpaired) electrons. The summed E-state index contributed by atoms with van der Waals surface area (Å²) in [5, 5.41) is 13.7. The summed E-state index contributed by atoms with van der Waals surface area (Å²) in [7, 11) is 0. The Bertz CT molecular complexity index is 642. The Labute approximate surface area is 110 Å². The Balaban J connectivity index is 1.89. The maximum atomic E-state index is 11.6. The molecule has 2 aromatic rings. The van der Waals surface area contributed by atoms with Crippen LogP contribution < -0.4 is 5.32 Å². The van der Waals surface area contributed by atoms with Gasteiger partial charge < -0.3 is 15.2 Å². The number of para-hydroxylation sites is 1. The van der Waals surface area contributed by atoms with Gasteiger partial charge in [0, 0.05) is 11.8 Å². The number of hydrogen-bond donors (Lipinski definition) is 2. The molecule has 5 nitrogen and oxygen atoms in total. The van der Waals surface area contributed by atoms with Gasteiger partial charge >= 0.3 is 5.97 Å². The monoisotopic (exact) mass is 258 g/mol. The third kappa shape index (κ3) is 2.19. The second-order valence-corrected chi connectivity index (χ2v) is 4.73. The third-order valence-electron chi connectivity index (χ3n) is 3.19. The zero-order valence-electron chi connectivity index (χ0n) is 10.5. The first kappa shape index (κ1) is 11.8. The molecule has 0 aliphatic carbocycles. The number of esters is 1. The first-order valence-corrected chi connectivity index (χ1v) is 6.19. The van der Waals surface area contributed by atoms with Crippen molar-refractivity contribution in [1.82, 2.24) is 4.98 Å². The number of nitrogens with one attached hydrogen (secondary N) is 1. The lowest BCUT2D eigenvalue weighted by Gasteiger charge is -2.10. The van der Waals surface area contributed by atoms with Crippen molar-refractivity contribution in [2.75, 3.05) is 5.32 Å². The zero-order chi connectivity index (χ0) is 13.4. The van der Waals surface area contributed by atoms with Gasteiger partial charge in [0.15, 0.2) is 0 Å². The van der Waals surface area contributed by atoms with E-state index in [1.54, 1.807) is 18.2 Å². The number of carbonyl (C=O) groups is 1. The second-order valence-electron chi connectivity index (χ2n) is 4.73. The smallest absolute Gasteiger partial charge is 0.329 e. The van der Waals surface area contributed by atoms with Crippen LogP contribution in [0.25, 0.3) is 10.9 Å². The van der Waals surface area contributed by atoms with E-state index in [0.29, 0.717) is 17.8 Å². The number of hydrogen-bond acceptors (Lipinski definition) is 5. The fourth-order valence-corrected chi connectivity index (χ4v) is 2.26. The molecule has 0 bridgehead atoms. The van der Waals surface area contributed by atoms with Crippen LogP contribution in [-0.4, -0.2) is 28.2 Å². The summed E-state index contributed by atoms with van der Waals surface area (Å²) < 4.78 is 5.08.